The van der Waals surface area contributed by atoms with Crippen LogP contribution in [0.25, 0.3) is 0 Å². The molecule has 0 aliphatic carbocycles. The first-order valence-electron chi connectivity index (χ1n) is 9.66. The van der Waals surface area contributed by atoms with E-state index in [4.69, 9.17) is 9.47 Å². The normalized spacial score (nSPS) is 18.2. The molecule has 0 radical (unpaired) electrons. The van der Waals surface area contributed by atoms with E-state index in [-0.39, 0.29) is 18.0 Å². The standard InChI is InChI=1S/C22H24N4O3/c1-4-21(27)25-18(15-9-11-16(28-2)12-10-15)13-19(26-22(25)23-14-24-26)17-7-5-6-8-20(17)29-3/h5-12,14,18-19H,4,13H2,1-3H3/t18-,19+/m0/s1. The van der Waals surface area contributed by atoms with Crippen LogP contribution < -0.4 is 14.4 Å². The van der Waals surface area contributed by atoms with Crippen LogP contribution in [0.15, 0.2) is 54.9 Å². The minimum Gasteiger partial charge on any atom is -0.497 e. The van der Waals surface area contributed by atoms with E-state index in [1.165, 1.54) is 6.33 Å². The topological polar surface area (TPSA) is 69.5 Å². The Balaban J connectivity index is 1.84. The number of rotatable bonds is 5. The number of anilines is 1. The summed E-state index contributed by atoms with van der Waals surface area (Å²) in [6.07, 6.45) is 2.55. The molecule has 1 aliphatic heterocycles. The zero-order valence-corrected chi connectivity index (χ0v) is 16.8. The molecular weight excluding hydrogens is 368 g/mol. The van der Waals surface area contributed by atoms with E-state index in [1.54, 1.807) is 19.1 Å². The lowest BCUT2D eigenvalue weighted by Crippen LogP contribution is -2.42. The molecule has 150 valence electrons. The van der Waals surface area contributed by atoms with Gasteiger partial charge in [0.05, 0.1) is 26.3 Å². The van der Waals surface area contributed by atoms with Crippen molar-refractivity contribution >= 4 is 11.9 Å². The van der Waals surface area contributed by atoms with Crippen LogP contribution in [0.3, 0.4) is 0 Å². The van der Waals surface area contributed by atoms with Crippen LogP contribution in [0.1, 0.15) is 43.0 Å². The van der Waals surface area contributed by atoms with E-state index in [0.717, 1.165) is 22.6 Å². The van der Waals surface area contributed by atoms with Gasteiger partial charge in [0, 0.05) is 12.0 Å². The summed E-state index contributed by atoms with van der Waals surface area (Å²) in [7, 11) is 3.31. The Hall–Kier alpha value is -3.35. The monoisotopic (exact) mass is 392 g/mol. The van der Waals surface area contributed by atoms with E-state index in [1.807, 2.05) is 60.1 Å². The molecule has 0 bridgehead atoms. The Morgan fingerprint density at radius 1 is 1.07 bits per heavy atom. The maximum atomic E-state index is 12.9. The van der Waals surface area contributed by atoms with Gasteiger partial charge in [-0.1, -0.05) is 37.3 Å². The zero-order valence-electron chi connectivity index (χ0n) is 16.8. The smallest absolute Gasteiger partial charge is 0.231 e. The van der Waals surface area contributed by atoms with Crippen molar-refractivity contribution in [3.63, 3.8) is 0 Å². The number of carbonyl (C=O) groups is 1. The lowest BCUT2D eigenvalue weighted by atomic mass is 9.91. The van der Waals surface area contributed by atoms with E-state index < -0.39 is 0 Å². The lowest BCUT2D eigenvalue weighted by Gasteiger charge is -2.39. The van der Waals surface area contributed by atoms with Crippen molar-refractivity contribution in [2.75, 3.05) is 19.1 Å². The number of methoxy groups -OCH3 is 2. The van der Waals surface area contributed by atoms with Gasteiger partial charge in [-0.3, -0.25) is 9.69 Å². The number of fused-ring (bicyclic) bond motifs is 1. The third-order valence-electron chi connectivity index (χ3n) is 5.39. The van der Waals surface area contributed by atoms with Gasteiger partial charge >= 0.3 is 0 Å². The maximum absolute atomic E-state index is 12.9. The second-order valence-electron chi connectivity index (χ2n) is 6.90. The first-order chi connectivity index (χ1) is 14.2. The largest absolute Gasteiger partial charge is 0.497 e. The zero-order chi connectivity index (χ0) is 20.4. The second kappa shape index (κ2) is 7.95. The van der Waals surface area contributed by atoms with Gasteiger partial charge in [0.2, 0.25) is 11.9 Å². The molecule has 0 saturated carbocycles. The van der Waals surface area contributed by atoms with E-state index >= 15 is 0 Å². The maximum Gasteiger partial charge on any atom is 0.231 e. The lowest BCUT2D eigenvalue weighted by molar-refractivity contribution is -0.119. The molecule has 7 heteroatoms. The second-order valence-corrected chi connectivity index (χ2v) is 6.90. The van der Waals surface area contributed by atoms with Gasteiger partial charge in [-0.25, -0.2) is 4.68 Å². The first-order valence-corrected chi connectivity index (χ1v) is 9.66. The molecule has 0 unspecified atom stereocenters. The van der Waals surface area contributed by atoms with Gasteiger partial charge in [0.25, 0.3) is 0 Å². The fourth-order valence-electron chi connectivity index (χ4n) is 3.96. The number of carbonyl (C=O) groups excluding carboxylic acids is 1. The molecule has 2 heterocycles. The van der Waals surface area contributed by atoms with Crippen molar-refractivity contribution in [1.82, 2.24) is 14.8 Å². The van der Waals surface area contributed by atoms with Crippen LogP contribution in [0.4, 0.5) is 5.95 Å². The molecule has 0 saturated heterocycles. The van der Waals surface area contributed by atoms with Gasteiger partial charge in [-0.2, -0.15) is 10.1 Å². The number of nitrogens with zero attached hydrogens (tertiary/aromatic N) is 4. The Bertz CT molecular complexity index is 999. The summed E-state index contributed by atoms with van der Waals surface area (Å²) in [6, 6.07) is 15.5. The van der Waals surface area contributed by atoms with Crippen LogP contribution in [0.2, 0.25) is 0 Å². The van der Waals surface area contributed by atoms with Crippen LogP contribution >= 0.6 is 0 Å². The van der Waals surface area contributed by atoms with Crippen LogP contribution in [0.5, 0.6) is 11.5 Å². The van der Waals surface area contributed by atoms with Crippen molar-refractivity contribution in [2.45, 2.75) is 31.8 Å². The molecule has 2 atom stereocenters. The van der Waals surface area contributed by atoms with Crippen molar-refractivity contribution in [1.29, 1.82) is 0 Å². The van der Waals surface area contributed by atoms with Crippen molar-refractivity contribution in [3.8, 4) is 11.5 Å². The van der Waals surface area contributed by atoms with Crippen LogP contribution in [-0.4, -0.2) is 34.9 Å². The number of aromatic nitrogens is 3. The predicted octanol–water partition coefficient (Wildman–Crippen LogP) is 3.77. The van der Waals surface area contributed by atoms with Crippen molar-refractivity contribution < 1.29 is 14.3 Å². The number of ether oxygens (including phenoxy) is 2. The number of amides is 1. The summed E-state index contributed by atoms with van der Waals surface area (Å²) in [5, 5.41) is 4.45. The Morgan fingerprint density at radius 3 is 2.52 bits per heavy atom. The molecule has 29 heavy (non-hydrogen) atoms. The minimum atomic E-state index is -0.167. The molecule has 2 aromatic carbocycles. The predicted molar refractivity (Wildman–Crippen MR) is 109 cm³/mol. The van der Waals surface area contributed by atoms with E-state index in [9.17, 15) is 4.79 Å². The highest BCUT2D eigenvalue weighted by Gasteiger charge is 2.39. The highest BCUT2D eigenvalue weighted by Crippen LogP contribution is 2.44. The molecule has 1 aliphatic rings. The summed E-state index contributed by atoms with van der Waals surface area (Å²) >= 11 is 0. The average Bonchev–Trinajstić information content (AvgIpc) is 3.27. The molecule has 4 rings (SSSR count). The van der Waals surface area contributed by atoms with Gasteiger partial charge in [0.15, 0.2) is 0 Å². The molecule has 0 N–H and O–H groups in total. The minimum absolute atomic E-state index is 0.0125. The summed E-state index contributed by atoms with van der Waals surface area (Å²) in [5.41, 5.74) is 2.05. The molecule has 1 amide bonds. The fraction of sp³-hybridized carbons (Fsp3) is 0.318. The molecule has 3 aromatic rings. The third-order valence-corrected chi connectivity index (χ3v) is 5.39. The Kier molecular flexibility index (Phi) is 5.20. The highest BCUT2D eigenvalue weighted by molar-refractivity contribution is 5.92. The quantitative estimate of drug-likeness (QED) is 0.661. The van der Waals surface area contributed by atoms with Crippen molar-refractivity contribution in [3.05, 3.63) is 66.0 Å². The number of para-hydroxylation sites is 1. The molecule has 0 spiro atoms. The highest BCUT2D eigenvalue weighted by atomic mass is 16.5. The van der Waals surface area contributed by atoms with E-state index in [0.29, 0.717) is 18.8 Å². The van der Waals surface area contributed by atoms with Gasteiger partial charge in [-0.15, -0.1) is 0 Å². The summed E-state index contributed by atoms with van der Waals surface area (Å²) < 4.78 is 12.7. The number of benzene rings is 2. The van der Waals surface area contributed by atoms with Crippen LogP contribution in [0, 0.1) is 0 Å². The van der Waals surface area contributed by atoms with Gasteiger partial charge in [0.1, 0.15) is 17.8 Å². The van der Waals surface area contributed by atoms with Gasteiger partial charge in [-0.05, 0) is 30.2 Å². The molecule has 7 nitrogen and oxygen atoms in total. The molecular formula is C22H24N4O3. The SMILES string of the molecule is CCC(=O)N1c2ncnn2[C@@H](c2ccccc2OC)C[C@H]1c1ccc(OC)cc1. The van der Waals surface area contributed by atoms with E-state index in [2.05, 4.69) is 10.1 Å². The first kappa shape index (κ1) is 19.0. The summed E-state index contributed by atoms with van der Waals surface area (Å²) in [4.78, 5) is 19.1. The molecule has 0 fully saturated rings. The molecule has 1 aromatic heterocycles. The third kappa shape index (κ3) is 3.33. The van der Waals surface area contributed by atoms with Gasteiger partial charge < -0.3 is 9.47 Å². The van der Waals surface area contributed by atoms with Crippen molar-refractivity contribution in [2.24, 2.45) is 0 Å². The Morgan fingerprint density at radius 2 is 1.83 bits per heavy atom. The summed E-state index contributed by atoms with van der Waals surface area (Å²) in [6.45, 7) is 1.86. The van der Waals surface area contributed by atoms with Crippen LogP contribution in [-0.2, 0) is 4.79 Å². The Labute approximate surface area is 169 Å². The number of hydrogen-bond donors (Lipinski definition) is 0. The fourth-order valence-corrected chi connectivity index (χ4v) is 3.96. The number of hydrogen-bond acceptors (Lipinski definition) is 5. The summed E-state index contributed by atoms with van der Waals surface area (Å²) in [5.74, 6) is 2.14. The average molecular weight is 392 g/mol.